The van der Waals surface area contributed by atoms with Crippen LogP contribution in [0.3, 0.4) is 0 Å². The molecule has 120 valence electrons. The monoisotopic (exact) mass is 313 g/mol. The molecule has 23 heavy (non-hydrogen) atoms. The first-order valence-electron chi connectivity index (χ1n) is 7.58. The molecule has 0 aliphatic heterocycles. The minimum absolute atomic E-state index is 0.0504. The van der Waals surface area contributed by atoms with Crippen LogP contribution in [-0.2, 0) is 4.74 Å². The first-order chi connectivity index (χ1) is 11.1. The SMILES string of the molecule is COC(=O)c1cc(O)cc(Oc2ccc(NCC3CC3)cc2)c1. The Kier molecular flexibility index (Phi) is 4.37. The molecule has 5 nitrogen and oxygen atoms in total. The molecule has 0 saturated heterocycles. The van der Waals surface area contributed by atoms with Gasteiger partial charge in [-0.25, -0.2) is 4.79 Å². The molecule has 0 spiro atoms. The Morgan fingerprint density at radius 1 is 1.17 bits per heavy atom. The molecule has 1 saturated carbocycles. The molecule has 2 aromatic rings. The molecule has 0 aromatic heterocycles. The van der Waals surface area contributed by atoms with E-state index in [0.717, 1.165) is 18.2 Å². The standard InChI is InChI=1S/C18H19NO4/c1-22-18(21)13-8-15(20)10-17(9-13)23-16-6-4-14(5-7-16)19-11-12-2-3-12/h4-10,12,19-20H,2-3,11H2,1H3. The van der Waals surface area contributed by atoms with E-state index in [2.05, 4.69) is 10.1 Å². The van der Waals surface area contributed by atoms with Crippen molar-refractivity contribution in [2.24, 2.45) is 5.92 Å². The molecule has 1 aliphatic rings. The van der Waals surface area contributed by atoms with Crippen molar-refractivity contribution in [3.63, 3.8) is 0 Å². The largest absolute Gasteiger partial charge is 0.508 e. The van der Waals surface area contributed by atoms with Crippen LogP contribution in [0.25, 0.3) is 0 Å². The smallest absolute Gasteiger partial charge is 0.338 e. The van der Waals surface area contributed by atoms with Crippen LogP contribution in [0, 0.1) is 5.92 Å². The molecule has 5 heteroatoms. The number of carbonyl (C=O) groups excluding carboxylic acids is 1. The zero-order valence-electron chi connectivity index (χ0n) is 12.9. The van der Waals surface area contributed by atoms with Crippen molar-refractivity contribution in [3.8, 4) is 17.2 Å². The minimum atomic E-state index is -0.523. The average Bonchev–Trinajstić information content (AvgIpc) is 3.37. The van der Waals surface area contributed by atoms with E-state index < -0.39 is 5.97 Å². The Labute approximate surface area is 134 Å². The number of esters is 1. The predicted octanol–water partition coefficient (Wildman–Crippen LogP) is 3.79. The number of carbonyl (C=O) groups is 1. The summed E-state index contributed by atoms with van der Waals surface area (Å²) in [5.41, 5.74) is 1.29. The summed E-state index contributed by atoms with van der Waals surface area (Å²) in [4.78, 5) is 11.5. The quantitative estimate of drug-likeness (QED) is 0.794. The molecule has 0 atom stereocenters. The second kappa shape index (κ2) is 6.60. The van der Waals surface area contributed by atoms with Gasteiger partial charge in [0.2, 0.25) is 0 Å². The fourth-order valence-corrected chi connectivity index (χ4v) is 2.24. The van der Waals surface area contributed by atoms with E-state index in [9.17, 15) is 9.90 Å². The number of rotatable bonds is 6. The van der Waals surface area contributed by atoms with Gasteiger partial charge in [-0.05, 0) is 55.2 Å². The van der Waals surface area contributed by atoms with Crippen LogP contribution in [0.2, 0.25) is 0 Å². The van der Waals surface area contributed by atoms with Gasteiger partial charge < -0.3 is 19.9 Å². The maximum absolute atomic E-state index is 11.5. The first kappa shape index (κ1) is 15.2. The van der Waals surface area contributed by atoms with Crippen molar-refractivity contribution in [1.29, 1.82) is 0 Å². The third-order valence-corrected chi connectivity index (χ3v) is 3.69. The summed E-state index contributed by atoms with van der Waals surface area (Å²) in [5.74, 6) is 1.25. The van der Waals surface area contributed by atoms with Crippen LogP contribution in [0.4, 0.5) is 5.69 Å². The average molecular weight is 313 g/mol. The van der Waals surface area contributed by atoms with Crippen LogP contribution in [-0.4, -0.2) is 24.7 Å². The number of aromatic hydroxyl groups is 1. The number of phenolic OH excluding ortho intramolecular Hbond substituents is 1. The maximum Gasteiger partial charge on any atom is 0.338 e. The minimum Gasteiger partial charge on any atom is -0.508 e. The van der Waals surface area contributed by atoms with E-state index in [1.807, 2.05) is 24.3 Å². The molecular formula is C18H19NO4. The van der Waals surface area contributed by atoms with Gasteiger partial charge in [0.25, 0.3) is 0 Å². The normalized spacial score (nSPS) is 13.4. The summed E-state index contributed by atoms with van der Waals surface area (Å²) in [7, 11) is 1.29. The van der Waals surface area contributed by atoms with E-state index >= 15 is 0 Å². The molecule has 0 radical (unpaired) electrons. The zero-order valence-corrected chi connectivity index (χ0v) is 12.9. The molecule has 2 N–H and O–H groups in total. The highest BCUT2D eigenvalue weighted by molar-refractivity contribution is 5.90. The van der Waals surface area contributed by atoms with Crippen molar-refractivity contribution in [2.75, 3.05) is 19.0 Å². The van der Waals surface area contributed by atoms with Gasteiger partial charge in [-0.3, -0.25) is 0 Å². The molecular weight excluding hydrogens is 294 g/mol. The number of methoxy groups -OCH3 is 1. The van der Waals surface area contributed by atoms with Gasteiger partial charge in [-0.2, -0.15) is 0 Å². The van der Waals surface area contributed by atoms with E-state index in [-0.39, 0.29) is 11.3 Å². The Morgan fingerprint density at radius 3 is 2.57 bits per heavy atom. The number of hydrogen-bond donors (Lipinski definition) is 2. The first-order valence-corrected chi connectivity index (χ1v) is 7.58. The molecule has 3 rings (SSSR count). The molecule has 0 amide bonds. The van der Waals surface area contributed by atoms with Crippen molar-refractivity contribution in [1.82, 2.24) is 0 Å². The molecule has 0 heterocycles. The summed E-state index contributed by atoms with van der Waals surface area (Å²) in [5, 5.41) is 13.1. The Bertz CT molecular complexity index is 693. The van der Waals surface area contributed by atoms with Crippen molar-refractivity contribution < 1.29 is 19.4 Å². The van der Waals surface area contributed by atoms with Gasteiger partial charge >= 0.3 is 5.97 Å². The van der Waals surface area contributed by atoms with Crippen LogP contribution < -0.4 is 10.1 Å². The van der Waals surface area contributed by atoms with E-state index in [0.29, 0.717) is 11.5 Å². The molecule has 0 unspecified atom stereocenters. The Balaban J connectivity index is 1.68. The lowest BCUT2D eigenvalue weighted by molar-refractivity contribution is 0.0600. The summed E-state index contributed by atoms with van der Waals surface area (Å²) in [6, 6.07) is 11.9. The fourth-order valence-electron chi connectivity index (χ4n) is 2.24. The summed E-state index contributed by atoms with van der Waals surface area (Å²) in [6.45, 7) is 1.01. The van der Waals surface area contributed by atoms with Crippen molar-refractivity contribution >= 4 is 11.7 Å². The number of nitrogens with one attached hydrogen (secondary N) is 1. The lowest BCUT2D eigenvalue weighted by atomic mass is 10.2. The fraction of sp³-hybridized carbons (Fsp3) is 0.278. The van der Waals surface area contributed by atoms with Crippen LogP contribution in [0.15, 0.2) is 42.5 Å². The number of benzene rings is 2. The van der Waals surface area contributed by atoms with Crippen molar-refractivity contribution in [2.45, 2.75) is 12.8 Å². The summed E-state index contributed by atoms with van der Waals surface area (Å²) < 4.78 is 10.3. The van der Waals surface area contributed by atoms with Gasteiger partial charge in [0.15, 0.2) is 0 Å². The van der Waals surface area contributed by atoms with E-state index in [1.54, 1.807) is 0 Å². The Hall–Kier alpha value is -2.69. The lowest BCUT2D eigenvalue weighted by Gasteiger charge is -2.10. The topological polar surface area (TPSA) is 67.8 Å². The van der Waals surface area contributed by atoms with Crippen LogP contribution >= 0.6 is 0 Å². The number of anilines is 1. The van der Waals surface area contributed by atoms with Crippen molar-refractivity contribution in [3.05, 3.63) is 48.0 Å². The maximum atomic E-state index is 11.5. The van der Waals surface area contributed by atoms with Gasteiger partial charge in [-0.1, -0.05) is 0 Å². The second-order valence-electron chi connectivity index (χ2n) is 5.66. The predicted molar refractivity (Wildman–Crippen MR) is 87.2 cm³/mol. The molecule has 2 aromatic carbocycles. The molecule has 0 bridgehead atoms. The molecule has 1 fully saturated rings. The summed E-state index contributed by atoms with van der Waals surface area (Å²) >= 11 is 0. The Morgan fingerprint density at radius 2 is 1.91 bits per heavy atom. The number of phenols is 1. The van der Waals surface area contributed by atoms with Gasteiger partial charge in [0, 0.05) is 18.3 Å². The third kappa shape index (κ3) is 4.16. The second-order valence-corrected chi connectivity index (χ2v) is 5.66. The van der Waals surface area contributed by atoms with Crippen LogP contribution in [0.5, 0.6) is 17.2 Å². The van der Waals surface area contributed by atoms with Crippen LogP contribution in [0.1, 0.15) is 23.2 Å². The number of hydrogen-bond acceptors (Lipinski definition) is 5. The zero-order chi connectivity index (χ0) is 16.2. The van der Waals surface area contributed by atoms with Gasteiger partial charge in [0.05, 0.1) is 12.7 Å². The highest BCUT2D eigenvalue weighted by Gasteiger charge is 2.20. The van der Waals surface area contributed by atoms with Gasteiger partial charge in [-0.15, -0.1) is 0 Å². The highest BCUT2D eigenvalue weighted by Crippen LogP contribution is 2.30. The number of ether oxygens (including phenoxy) is 2. The third-order valence-electron chi connectivity index (χ3n) is 3.69. The molecule has 1 aliphatic carbocycles. The van der Waals surface area contributed by atoms with E-state index in [4.69, 9.17) is 4.74 Å². The van der Waals surface area contributed by atoms with Gasteiger partial charge in [0.1, 0.15) is 17.2 Å². The lowest BCUT2D eigenvalue weighted by Crippen LogP contribution is -2.02. The summed E-state index contributed by atoms with van der Waals surface area (Å²) in [6.07, 6.45) is 2.63. The van der Waals surface area contributed by atoms with E-state index in [1.165, 1.54) is 38.2 Å². The highest BCUT2D eigenvalue weighted by atomic mass is 16.5.